The van der Waals surface area contributed by atoms with Crippen molar-refractivity contribution in [2.45, 2.75) is 82.8 Å². The molecule has 1 aromatic rings. The summed E-state index contributed by atoms with van der Waals surface area (Å²) in [6.07, 6.45) is 13.0. The van der Waals surface area contributed by atoms with Crippen molar-refractivity contribution < 1.29 is 9.90 Å². The van der Waals surface area contributed by atoms with Crippen molar-refractivity contribution >= 4 is 5.91 Å². The van der Waals surface area contributed by atoms with Crippen LogP contribution in [0, 0.1) is 11.3 Å². The number of aromatic nitrogens is 4. The number of rotatable bonds is 4. The van der Waals surface area contributed by atoms with Gasteiger partial charge in [-0.05, 0) is 47.9 Å². The fourth-order valence-electron chi connectivity index (χ4n) is 5.52. The number of amides is 1. The fraction of sp³-hybridized carbons (Fsp3) is 0.895. The SMILES string of the molecule is O=C(CC1(Cn2cnnn2)CCCCC1)N1CC[C@@]2(O)CCCC[C@@H]2C1. The van der Waals surface area contributed by atoms with Crippen LogP contribution in [0.25, 0.3) is 0 Å². The zero-order valence-electron chi connectivity index (χ0n) is 15.6. The molecule has 2 aliphatic carbocycles. The van der Waals surface area contributed by atoms with E-state index < -0.39 is 5.60 Å². The highest BCUT2D eigenvalue weighted by Crippen LogP contribution is 2.43. The van der Waals surface area contributed by atoms with Crippen LogP contribution in [0.2, 0.25) is 0 Å². The molecule has 2 atom stereocenters. The van der Waals surface area contributed by atoms with Gasteiger partial charge in [0, 0.05) is 25.4 Å². The summed E-state index contributed by atoms with van der Waals surface area (Å²) in [6, 6.07) is 0. The molecule has 0 unspecified atom stereocenters. The summed E-state index contributed by atoms with van der Waals surface area (Å²) in [7, 11) is 0. The number of aliphatic hydroxyl groups is 1. The van der Waals surface area contributed by atoms with Gasteiger partial charge in [0.1, 0.15) is 6.33 Å². The number of hydrogen-bond acceptors (Lipinski definition) is 5. The Kier molecular flexibility index (Phi) is 4.99. The third-order valence-corrected chi connectivity index (χ3v) is 7.11. The fourth-order valence-corrected chi connectivity index (χ4v) is 5.52. The smallest absolute Gasteiger partial charge is 0.223 e. The van der Waals surface area contributed by atoms with Crippen molar-refractivity contribution in [3.05, 3.63) is 6.33 Å². The molecule has 0 spiro atoms. The van der Waals surface area contributed by atoms with Crippen molar-refractivity contribution in [3.63, 3.8) is 0 Å². The van der Waals surface area contributed by atoms with Crippen molar-refractivity contribution in [3.8, 4) is 0 Å². The molecule has 7 nitrogen and oxygen atoms in total. The van der Waals surface area contributed by atoms with E-state index in [0.29, 0.717) is 13.0 Å². The second-order valence-electron chi connectivity index (χ2n) is 8.88. The standard InChI is InChI=1S/C19H31N5O2/c25-17(23-11-10-19(26)9-5-2-6-16(19)13-23)12-18(7-3-1-4-8-18)14-24-15-20-21-22-24/h15-16,26H,1-14H2/t16-,19+/m1/s1. The lowest BCUT2D eigenvalue weighted by molar-refractivity contribution is -0.146. The second kappa shape index (κ2) is 7.25. The summed E-state index contributed by atoms with van der Waals surface area (Å²) < 4.78 is 1.79. The molecule has 1 saturated heterocycles. The number of nitrogens with zero attached hydrogens (tertiary/aromatic N) is 5. The van der Waals surface area contributed by atoms with Gasteiger partial charge in [0.05, 0.1) is 12.1 Å². The predicted molar refractivity (Wildman–Crippen MR) is 96.1 cm³/mol. The summed E-state index contributed by atoms with van der Waals surface area (Å²) in [5, 5.41) is 22.4. The van der Waals surface area contributed by atoms with E-state index in [-0.39, 0.29) is 17.2 Å². The van der Waals surface area contributed by atoms with Gasteiger partial charge in [0.15, 0.2) is 0 Å². The Balaban J connectivity index is 1.43. The highest BCUT2D eigenvalue weighted by Gasteiger charge is 2.45. The number of carbonyl (C=O) groups is 1. The Labute approximate surface area is 155 Å². The Hall–Kier alpha value is -1.50. The average molecular weight is 361 g/mol. The van der Waals surface area contributed by atoms with Crippen molar-refractivity contribution in [1.82, 2.24) is 25.1 Å². The third-order valence-electron chi connectivity index (χ3n) is 7.11. The number of carbonyl (C=O) groups excluding carboxylic acids is 1. The molecular formula is C19H31N5O2. The third kappa shape index (κ3) is 3.63. The Morgan fingerprint density at radius 1 is 1.12 bits per heavy atom. The van der Waals surface area contributed by atoms with Crippen molar-refractivity contribution in [1.29, 1.82) is 0 Å². The first kappa shape index (κ1) is 17.9. The van der Waals surface area contributed by atoms with E-state index in [9.17, 15) is 9.90 Å². The van der Waals surface area contributed by atoms with Gasteiger partial charge in [-0.2, -0.15) is 0 Å². The Morgan fingerprint density at radius 3 is 2.69 bits per heavy atom. The molecule has 144 valence electrons. The molecule has 3 aliphatic rings. The van der Waals surface area contributed by atoms with E-state index in [4.69, 9.17) is 0 Å². The number of hydrogen-bond donors (Lipinski definition) is 1. The van der Waals surface area contributed by atoms with Crippen LogP contribution in [0.4, 0.5) is 0 Å². The van der Waals surface area contributed by atoms with Crippen LogP contribution in [0.3, 0.4) is 0 Å². The maximum atomic E-state index is 13.2. The van der Waals surface area contributed by atoms with Gasteiger partial charge in [-0.15, -0.1) is 5.10 Å². The number of fused-ring (bicyclic) bond motifs is 1. The molecule has 7 heteroatoms. The van der Waals surface area contributed by atoms with Crippen molar-refractivity contribution in [2.75, 3.05) is 13.1 Å². The van der Waals surface area contributed by atoms with Crippen LogP contribution in [0.1, 0.15) is 70.6 Å². The summed E-state index contributed by atoms with van der Waals surface area (Å²) >= 11 is 0. The van der Waals surface area contributed by atoms with Crippen LogP contribution in [0.5, 0.6) is 0 Å². The maximum Gasteiger partial charge on any atom is 0.223 e. The van der Waals surface area contributed by atoms with E-state index in [1.165, 1.54) is 25.7 Å². The maximum absolute atomic E-state index is 13.2. The van der Waals surface area contributed by atoms with E-state index in [1.54, 1.807) is 11.0 Å². The van der Waals surface area contributed by atoms with E-state index in [2.05, 4.69) is 15.5 Å². The first-order chi connectivity index (χ1) is 12.6. The van der Waals surface area contributed by atoms with Gasteiger partial charge in [0.2, 0.25) is 5.91 Å². The molecule has 4 rings (SSSR count). The van der Waals surface area contributed by atoms with E-state index in [0.717, 1.165) is 51.6 Å². The Morgan fingerprint density at radius 2 is 1.92 bits per heavy atom. The lowest BCUT2D eigenvalue weighted by atomic mass is 9.70. The van der Waals surface area contributed by atoms with Gasteiger partial charge in [-0.3, -0.25) is 4.79 Å². The molecular weight excluding hydrogens is 330 g/mol. The summed E-state index contributed by atoms with van der Waals surface area (Å²) in [5.41, 5.74) is -0.547. The summed E-state index contributed by atoms with van der Waals surface area (Å²) in [4.78, 5) is 15.2. The van der Waals surface area contributed by atoms with Gasteiger partial charge >= 0.3 is 0 Å². The quantitative estimate of drug-likeness (QED) is 0.888. The monoisotopic (exact) mass is 361 g/mol. The van der Waals surface area contributed by atoms with Crippen molar-refractivity contribution in [2.24, 2.45) is 11.3 Å². The van der Waals surface area contributed by atoms with Gasteiger partial charge in [-0.25, -0.2) is 4.68 Å². The highest BCUT2D eigenvalue weighted by molar-refractivity contribution is 5.77. The molecule has 0 radical (unpaired) electrons. The molecule has 2 heterocycles. The largest absolute Gasteiger partial charge is 0.389 e. The van der Waals surface area contributed by atoms with Crippen LogP contribution in [-0.2, 0) is 11.3 Å². The molecule has 3 fully saturated rings. The molecule has 26 heavy (non-hydrogen) atoms. The second-order valence-corrected chi connectivity index (χ2v) is 8.88. The lowest BCUT2D eigenvalue weighted by Crippen LogP contribution is -2.55. The summed E-state index contributed by atoms with van der Waals surface area (Å²) in [6.45, 7) is 2.16. The zero-order chi connectivity index (χ0) is 18.0. The number of piperidine rings is 1. The van der Waals surface area contributed by atoms with Gasteiger partial charge < -0.3 is 10.0 Å². The molecule has 1 aliphatic heterocycles. The first-order valence-electron chi connectivity index (χ1n) is 10.3. The van der Waals surface area contributed by atoms with Crippen LogP contribution in [-0.4, -0.2) is 54.8 Å². The van der Waals surface area contributed by atoms with Gasteiger partial charge in [-0.1, -0.05) is 32.1 Å². The minimum Gasteiger partial charge on any atom is -0.389 e. The van der Waals surface area contributed by atoms with E-state index in [1.807, 2.05) is 4.90 Å². The summed E-state index contributed by atoms with van der Waals surface area (Å²) in [5.74, 6) is 0.517. The predicted octanol–water partition coefficient (Wildman–Crippen LogP) is 2.17. The molecule has 2 saturated carbocycles. The molecule has 1 N–H and O–H groups in total. The van der Waals surface area contributed by atoms with Gasteiger partial charge in [0.25, 0.3) is 0 Å². The zero-order valence-corrected chi connectivity index (χ0v) is 15.6. The van der Waals surface area contributed by atoms with Crippen LogP contribution in [0.15, 0.2) is 6.33 Å². The lowest BCUT2D eigenvalue weighted by Gasteiger charge is -2.48. The molecule has 1 amide bonds. The van der Waals surface area contributed by atoms with Crippen LogP contribution < -0.4 is 0 Å². The minimum atomic E-state index is -0.524. The molecule has 0 aromatic carbocycles. The van der Waals surface area contributed by atoms with Crippen LogP contribution >= 0.6 is 0 Å². The molecule has 1 aromatic heterocycles. The number of tetrazole rings is 1. The first-order valence-corrected chi connectivity index (χ1v) is 10.3. The average Bonchev–Trinajstić information content (AvgIpc) is 3.14. The van der Waals surface area contributed by atoms with E-state index >= 15 is 0 Å². The minimum absolute atomic E-state index is 0.0228. The highest BCUT2D eigenvalue weighted by atomic mass is 16.3. The molecule has 0 bridgehead atoms. The Bertz CT molecular complexity index is 613. The number of likely N-dealkylation sites (tertiary alicyclic amines) is 1. The topological polar surface area (TPSA) is 84.1 Å². The normalized spacial score (nSPS) is 31.4.